The van der Waals surface area contributed by atoms with Crippen molar-refractivity contribution in [3.8, 4) is 11.5 Å². The Morgan fingerprint density at radius 2 is 2.00 bits per heavy atom. The Balaban J connectivity index is 0. The first kappa shape index (κ1) is 24.3. The lowest BCUT2D eigenvalue weighted by atomic mass is 10.2. The van der Waals surface area contributed by atoms with Crippen LogP contribution in [0, 0.1) is 0 Å². The number of carbonyl (C=O) groups is 1. The largest absolute Gasteiger partial charge is 1.00 e. The van der Waals surface area contributed by atoms with Crippen LogP contribution in [0.2, 0.25) is 5.02 Å². The van der Waals surface area contributed by atoms with Crippen molar-refractivity contribution in [1.82, 2.24) is 10.2 Å². The number of amides is 1. The smallest absolute Gasteiger partial charge is 0.255 e. The maximum absolute atomic E-state index is 10.8. The molecular formula is C14H22Cl3N3O3-2. The summed E-state index contributed by atoms with van der Waals surface area (Å²) in [6.07, 6.45) is 0. The normalized spacial score (nSPS) is 9.78. The number of carbonyl (C=O) groups excluding carboxylic acids is 1. The van der Waals surface area contributed by atoms with Crippen LogP contribution in [0.5, 0.6) is 11.5 Å². The summed E-state index contributed by atoms with van der Waals surface area (Å²) >= 11 is 6.17. The van der Waals surface area contributed by atoms with Gasteiger partial charge in [-0.15, -0.1) is 0 Å². The lowest BCUT2D eigenvalue weighted by Gasteiger charge is -2.14. The standard InChI is InChI=1S/C14H22ClN3O3.2ClH/c1-18(2)5-4-17-8-10-6-11(15)14(12(7-10)20-3)21-9-13(16)19;;/h6-7,17H,4-5,8-9H2,1-3H3,(H2,16,19);2*1H/p-2. The van der Waals surface area contributed by atoms with Crippen LogP contribution in [0.25, 0.3) is 0 Å². The summed E-state index contributed by atoms with van der Waals surface area (Å²) in [5.74, 6) is 0.241. The number of ether oxygens (including phenoxy) is 2. The van der Waals surface area contributed by atoms with E-state index in [9.17, 15) is 4.79 Å². The van der Waals surface area contributed by atoms with Crippen LogP contribution in [0.1, 0.15) is 5.56 Å². The molecule has 1 aromatic rings. The number of benzene rings is 1. The van der Waals surface area contributed by atoms with Gasteiger partial charge in [-0.1, -0.05) is 11.6 Å². The number of halogens is 3. The fourth-order valence-corrected chi connectivity index (χ4v) is 1.98. The minimum Gasteiger partial charge on any atom is -1.00 e. The molecule has 0 spiro atoms. The van der Waals surface area contributed by atoms with Gasteiger partial charge in [-0.3, -0.25) is 4.79 Å². The Morgan fingerprint density at radius 1 is 1.35 bits per heavy atom. The highest BCUT2D eigenvalue weighted by molar-refractivity contribution is 6.32. The zero-order valence-electron chi connectivity index (χ0n) is 13.4. The first-order chi connectivity index (χ1) is 9.93. The molecule has 0 heterocycles. The number of likely N-dealkylation sites (N-methyl/N-ethyl adjacent to an activating group) is 1. The van der Waals surface area contributed by atoms with Crippen molar-refractivity contribution in [2.24, 2.45) is 5.73 Å². The quantitative estimate of drug-likeness (QED) is 0.415. The van der Waals surface area contributed by atoms with Crippen LogP contribution in [-0.4, -0.2) is 51.7 Å². The van der Waals surface area contributed by atoms with Gasteiger partial charge in [0.05, 0.1) is 12.1 Å². The second-order valence-corrected chi connectivity index (χ2v) is 5.25. The topological polar surface area (TPSA) is 76.8 Å². The van der Waals surface area contributed by atoms with E-state index in [1.807, 2.05) is 20.2 Å². The average molecular weight is 387 g/mol. The summed E-state index contributed by atoms with van der Waals surface area (Å²) in [5.41, 5.74) is 6.03. The SMILES string of the molecule is COc1cc(CNCCN(C)C)cc(Cl)c1OCC(N)=O.[Cl-].[Cl-]. The Morgan fingerprint density at radius 3 is 2.52 bits per heavy atom. The second-order valence-electron chi connectivity index (χ2n) is 4.84. The van der Waals surface area contributed by atoms with Crippen LogP contribution < -0.4 is 45.3 Å². The van der Waals surface area contributed by atoms with Crippen LogP contribution in [-0.2, 0) is 11.3 Å². The molecule has 0 unspecified atom stereocenters. The molecule has 1 rings (SSSR count). The number of hydrogen-bond acceptors (Lipinski definition) is 5. The zero-order chi connectivity index (χ0) is 15.8. The minimum absolute atomic E-state index is 0. The van der Waals surface area contributed by atoms with Gasteiger partial charge >= 0.3 is 0 Å². The molecule has 0 saturated carbocycles. The maximum atomic E-state index is 10.8. The molecule has 0 saturated heterocycles. The molecule has 134 valence electrons. The monoisotopic (exact) mass is 385 g/mol. The van der Waals surface area contributed by atoms with Crippen LogP contribution in [0.4, 0.5) is 0 Å². The van der Waals surface area contributed by atoms with Gasteiger partial charge < -0.3 is 50.2 Å². The minimum atomic E-state index is -0.567. The highest BCUT2D eigenvalue weighted by atomic mass is 35.5. The zero-order valence-corrected chi connectivity index (χ0v) is 15.6. The van der Waals surface area contributed by atoms with Gasteiger partial charge in [0.2, 0.25) is 0 Å². The van der Waals surface area contributed by atoms with E-state index < -0.39 is 5.91 Å². The van der Waals surface area contributed by atoms with Crippen molar-refractivity contribution < 1.29 is 39.1 Å². The first-order valence-corrected chi connectivity index (χ1v) is 6.94. The number of primary amides is 1. The molecule has 0 radical (unpaired) electrons. The lowest BCUT2D eigenvalue weighted by molar-refractivity contribution is -0.119. The van der Waals surface area contributed by atoms with E-state index in [0.717, 1.165) is 18.7 Å². The summed E-state index contributed by atoms with van der Waals surface area (Å²) in [6, 6.07) is 3.61. The molecule has 1 aromatic carbocycles. The Hall–Kier alpha value is -0.920. The van der Waals surface area contributed by atoms with Gasteiger partial charge in [0.25, 0.3) is 5.91 Å². The van der Waals surface area contributed by atoms with Crippen LogP contribution in [0.3, 0.4) is 0 Å². The lowest BCUT2D eigenvalue weighted by Crippen LogP contribution is -3.00. The number of nitrogens with two attached hydrogens (primary N) is 1. The number of rotatable bonds is 9. The fourth-order valence-electron chi connectivity index (χ4n) is 1.69. The fraction of sp³-hybridized carbons (Fsp3) is 0.500. The Kier molecular flexibility index (Phi) is 13.2. The molecule has 6 nitrogen and oxygen atoms in total. The molecule has 23 heavy (non-hydrogen) atoms. The maximum Gasteiger partial charge on any atom is 0.255 e. The van der Waals surface area contributed by atoms with Crippen LogP contribution in [0.15, 0.2) is 12.1 Å². The van der Waals surface area contributed by atoms with Crippen molar-refractivity contribution >= 4 is 17.5 Å². The average Bonchev–Trinajstić information content (AvgIpc) is 2.41. The van der Waals surface area contributed by atoms with Gasteiger partial charge in [0, 0.05) is 19.6 Å². The molecule has 0 aliphatic heterocycles. The third kappa shape index (κ3) is 9.07. The van der Waals surface area contributed by atoms with E-state index in [-0.39, 0.29) is 31.4 Å². The molecule has 1 amide bonds. The molecule has 9 heteroatoms. The predicted octanol–water partition coefficient (Wildman–Crippen LogP) is -5.13. The summed E-state index contributed by atoms with van der Waals surface area (Å²) in [6.45, 7) is 2.24. The predicted molar refractivity (Wildman–Crippen MR) is 83.0 cm³/mol. The Labute approximate surface area is 154 Å². The van der Waals surface area contributed by atoms with Crippen molar-refractivity contribution in [1.29, 1.82) is 0 Å². The van der Waals surface area contributed by atoms with E-state index in [4.69, 9.17) is 26.8 Å². The van der Waals surface area contributed by atoms with Crippen molar-refractivity contribution in [3.05, 3.63) is 22.7 Å². The first-order valence-electron chi connectivity index (χ1n) is 6.57. The molecular weight excluding hydrogens is 365 g/mol. The van der Waals surface area contributed by atoms with Crippen LogP contribution >= 0.6 is 11.6 Å². The van der Waals surface area contributed by atoms with Gasteiger partial charge in [-0.05, 0) is 31.8 Å². The van der Waals surface area contributed by atoms with E-state index in [1.54, 1.807) is 6.07 Å². The van der Waals surface area contributed by atoms with Crippen molar-refractivity contribution in [3.63, 3.8) is 0 Å². The third-order valence-electron chi connectivity index (χ3n) is 2.71. The molecule has 0 atom stereocenters. The number of hydrogen-bond donors (Lipinski definition) is 2. The Bertz CT molecular complexity index is 488. The van der Waals surface area contributed by atoms with Gasteiger partial charge in [0.1, 0.15) is 0 Å². The summed E-state index contributed by atoms with van der Waals surface area (Å²) in [4.78, 5) is 12.9. The number of nitrogens with one attached hydrogen (secondary N) is 1. The highest BCUT2D eigenvalue weighted by Crippen LogP contribution is 2.36. The molecule has 0 fully saturated rings. The summed E-state index contributed by atoms with van der Waals surface area (Å²) in [5, 5.41) is 3.70. The van der Waals surface area contributed by atoms with Crippen molar-refractivity contribution in [2.45, 2.75) is 6.54 Å². The second kappa shape index (κ2) is 12.5. The van der Waals surface area contributed by atoms with E-state index in [1.165, 1.54) is 7.11 Å². The van der Waals surface area contributed by atoms with Gasteiger partial charge in [-0.2, -0.15) is 0 Å². The molecule has 0 bridgehead atoms. The van der Waals surface area contributed by atoms with E-state index >= 15 is 0 Å². The van der Waals surface area contributed by atoms with Crippen molar-refractivity contribution in [2.75, 3.05) is 40.9 Å². The summed E-state index contributed by atoms with van der Waals surface area (Å²) in [7, 11) is 5.56. The van der Waals surface area contributed by atoms with Gasteiger partial charge in [0.15, 0.2) is 18.1 Å². The van der Waals surface area contributed by atoms with Gasteiger partial charge in [-0.25, -0.2) is 0 Å². The van der Waals surface area contributed by atoms with E-state index in [0.29, 0.717) is 23.1 Å². The highest BCUT2D eigenvalue weighted by Gasteiger charge is 2.13. The molecule has 0 aliphatic rings. The summed E-state index contributed by atoms with van der Waals surface area (Å²) < 4.78 is 10.5. The molecule has 3 N–H and O–H groups in total. The van der Waals surface area contributed by atoms with E-state index in [2.05, 4.69) is 10.2 Å². The molecule has 0 aliphatic carbocycles. The molecule has 0 aromatic heterocycles. The third-order valence-corrected chi connectivity index (χ3v) is 2.99. The number of methoxy groups -OCH3 is 1. The number of nitrogens with zero attached hydrogens (tertiary/aromatic N) is 1.